The van der Waals surface area contributed by atoms with Gasteiger partial charge in [0.1, 0.15) is 11.4 Å². The minimum Gasteiger partial charge on any atom is -0.507 e. The number of rotatable bonds is 4. The summed E-state index contributed by atoms with van der Waals surface area (Å²) in [6.45, 7) is 3.42. The van der Waals surface area contributed by atoms with E-state index in [0.717, 1.165) is 18.4 Å². The van der Waals surface area contributed by atoms with Gasteiger partial charge in [-0.05, 0) is 43.5 Å². The van der Waals surface area contributed by atoms with Crippen LogP contribution in [0.4, 0.5) is 0 Å². The second-order valence-corrected chi connectivity index (χ2v) is 7.10. The average Bonchev–Trinajstić information content (AvgIpc) is 3.14. The number of nitrogens with zero attached hydrogens (tertiary/aromatic N) is 1. The second kappa shape index (κ2) is 7.45. The number of carbonyl (C=O) groups is 1. The van der Waals surface area contributed by atoms with Crippen LogP contribution in [0.3, 0.4) is 0 Å². The summed E-state index contributed by atoms with van der Waals surface area (Å²) in [5, 5.41) is 10.6. The number of amides is 1. The van der Waals surface area contributed by atoms with Gasteiger partial charge in [-0.25, -0.2) is 0 Å². The molecule has 3 aromatic rings. The number of hydrogen-bond acceptors (Lipinski definition) is 3. The quantitative estimate of drug-likeness (QED) is 0.727. The van der Waals surface area contributed by atoms with Crippen molar-refractivity contribution in [3.05, 3.63) is 65.9 Å². The zero-order valence-electron chi connectivity index (χ0n) is 15.4. The van der Waals surface area contributed by atoms with E-state index in [1.807, 2.05) is 29.2 Å². The lowest BCUT2D eigenvalue weighted by atomic mass is 10.1. The molecule has 1 atom stereocenters. The molecule has 1 aromatic heterocycles. The van der Waals surface area contributed by atoms with Crippen molar-refractivity contribution >= 4 is 16.8 Å². The van der Waals surface area contributed by atoms with E-state index in [1.54, 1.807) is 18.2 Å². The largest absolute Gasteiger partial charge is 0.507 e. The van der Waals surface area contributed by atoms with Gasteiger partial charge in [-0.2, -0.15) is 0 Å². The zero-order chi connectivity index (χ0) is 18.8. The number of ether oxygens (including phenoxy) is 1. The van der Waals surface area contributed by atoms with Crippen molar-refractivity contribution < 1.29 is 14.6 Å². The van der Waals surface area contributed by atoms with Crippen LogP contribution >= 0.6 is 0 Å². The van der Waals surface area contributed by atoms with E-state index in [2.05, 4.69) is 24.0 Å². The summed E-state index contributed by atoms with van der Waals surface area (Å²) in [5.41, 5.74) is 2.46. The zero-order valence-corrected chi connectivity index (χ0v) is 15.4. The molecule has 1 unspecified atom stereocenters. The van der Waals surface area contributed by atoms with Crippen molar-refractivity contribution in [3.63, 3.8) is 0 Å². The van der Waals surface area contributed by atoms with Crippen LogP contribution in [0.15, 0.2) is 54.6 Å². The molecular formula is C22H24N2O3. The molecule has 4 rings (SSSR count). The third-order valence-corrected chi connectivity index (χ3v) is 5.27. The van der Waals surface area contributed by atoms with Crippen molar-refractivity contribution in [3.8, 4) is 5.75 Å². The van der Waals surface area contributed by atoms with Crippen molar-refractivity contribution in [2.75, 3.05) is 13.1 Å². The van der Waals surface area contributed by atoms with E-state index >= 15 is 0 Å². The predicted octanol–water partition coefficient (Wildman–Crippen LogP) is 4.26. The van der Waals surface area contributed by atoms with Gasteiger partial charge < -0.3 is 19.7 Å². The SMILES string of the molecule is CC(OC1CCN(C(=O)c2cc3c(O)cccc3[nH]2)CC1)c1ccccc1. The number of aromatic nitrogens is 1. The van der Waals surface area contributed by atoms with E-state index in [0.29, 0.717) is 24.2 Å². The molecule has 0 saturated carbocycles. The topological polar surface area (TPSA) is 65.6 Å². The number of phenols is 1. The number of aromatic hydroxyl groups is 1. The Labute approximate surface area is 158 Å². The van der Waals surface area contributed by atoms with Crippen LogP contribution in [0.25, 0.3) is 10.9 Å². The first-order valence-electron chi connectivity index (χ1n) is 9.42. The molecule has 1 fully saturated rings. The van der Waals surface area contributed by atoms with Crippen LogP contribution in [0, 0.1) is 0 Å². The fraction of sp³-hybridized carbons (Fsp3) is 0.318. The second-order valence-electron chi connectivity index (χ2n) is 7.10. The molecule has 1 amide bonds. The first kappa shape index (κ1) is 17.6. The van der Waals surface area contributed by atoms with Gasteiger partial charge in [0.15, 0.2) is 0 Å². The molecule has 1 aliphatic rings. The third kappa shape index (κ3) is 3.69. The molecule has 0 bridgehead atoms. The van der Waals surface area contributed by atoms with Gasteiger partial charge >= 0.3 is 0 Å². The van der Waals surface area contributed by atoms with Crippen LogP contribution in [0.5, 0.6) is 5.75 Å². The minimum absolute atomic E-state index is 0.0276. The molecule has 2 aromatic carbocycles. The number of likely N-dealkylation sites (tertiary alicyclic amines) is 1. The number of phenolic OH excluding ortho intramolecular Hbond substituents is 1. The van der Waals surface area contributed by atoms with E-state index in [9.17, 15) is 9.90 Å². The maximum atomic E-state index is 12.8. The molecule has 2 N–H and O–H groups in total. The van der Waals surface area contributed by atoms with Crippen LogP contribution in [0.1, 0.15) is 41.9 Å². The van der Waals surface area contributed by atoms with Gasteiger partial charge in [0.25, 0.3) is 5.91 Å². The molecule has 0 aliphatic carbocycles. The average molecular weight is 364 g/mol. The Morgan fingerprint density at radius 2 is 1.89 bits per heavy atom. The molecule has 2 heterocycles. The van der Waals surface area contributed by atoms with Gasteiger partial charge in [0.05, 0.1) is 12.2 Å². The van der Waals surface area contributed by atoms with Crippen LogP contribution in [-0.2, 0) is 4.74 Å². The number of hydrogen-bond donors (Lipinski definition) is 2. The standard InChI is InChI=1S/C22H24N2O3/c1-15(16-6-3-2-4-7-16)27-17-10-12-24(13-11-17)22(26)20-14-18-19(23-20)8-5-9-21(18)25/h2-9,14-15,17,23,25H,10-13H2,1H3. The monoisotopic (exact) mass is 364 g/mol. The minimum atomic E-state index is -0.0276. The Balaban J connectivity index is 1.37. The lowest BCUT2D eigenvalue weighted by molar-refractivity contribution is -0.0328. The van der Waals surface area contributed by atoms with E-state index in [1.165, 1.54) is 5.56 Å². The smallest absolute Gasteiger partial charge is 0.270 e. The first-order chi connectivity index (χ1) is 13.1. The normalized spacial score (nSPS) is 16.6. The van der Waals surface area contributed by atoms with Crippen molar-refractivity contribution in [1.82, 2.24) is 9.88 Å². The molecule has 140 valence electrons. The predicted molar refractivity (Wildman–Crippen MR) is 105 cm³/mol. The van der Waals surface area contributed by atoms with Crippen molar-refractivity contribution in [1.29, 1.82) is 0 Å². The number of nitrogens with one attached hydrogen (secondary N) is 1. The summed E-state index contributed by atoms with van der Waals surface area (Å²) in [6, 6.07) is 17.2. The van der Waals surface area contributed by atoms with Crippen molar-refractivity contribution in [2.24, 2.45) is 0 Å². The highest BCUT2D eigenvalue weighted by Crippen LogP contribution is 2.27. The summed E-state index contributed by atoms with van der Waals surface area (Å²) in [7, 11) is 0. The van der Waals surface area contributed by atoms with Gasteiger partial charge in [-0.1, -0.05) is 36.4 Å². The van der Waals surface area contributed by atoms with E-state index in [4.69, 9.17) is 4.74 Å². The molecule has 5 nitrogen and oxygen atoms in total. The molecule has 27 heavy (non-hydrogen) atoms. The molecular weight excluding hydrogens is 340 g/mol. The lowest BCUT2D eigenvalue weighted by Crippen LogP contribution is -2.41. The Kier molecular flexibility index (Phi) is 4.86. The van der Waals surface area contributed by atoms with Crippen LogP contribution in [0.2, 0.25) is 0 Å². The summed E-state index contributed by atoms with van der Waals surface area (Å²) in [4.78, 5) is 17.8. The highest BCUT2D eigenvalue weighted by atomic mass is 16.5. The Bertz CT molecular complexity index is 927. The number of fused-ring (bicyclic) bond motifs is 1. The molecule has 1 saturated heterocycles. The maximum absolute atomic E-state index is 12.8. The van der Waals surface area contributed by atoms with Crippen LogP contribution in [-0.4, -0.2) is 40.1 Å². The number of carbonyl (C=O) groups excluding carboxylic acids is 1. The van der Waals surface area contributed by atoms with Gasteiger partial charge in [-0.3, -0.25) is 4.79 Å². The highest BCUT2D eigenvalue weighted by Gasteiger charge is 2.26. The Morgan fingerprint density at radius 3 is 2.59 bits per heavy atom. The summed E-state index contributed by atoms with van der Waals surface area (Å²) >= 11 is 0. The number of benzene rings is 2. The van der Waals surface area contributed by atoms with Crippen molar-refractivity contribution in [2.45, 2.75) is 32.0 Å². The van der Waals surface area contributed by atoms with Gasteiger partial charge in [0, 0.05) is 24.0 Å². The fourth-order valence-electron chi connectivity index (χ4n) is 3.71. The maximum Gasteiger partial charge on any atom is 0.270 e. The van der Waals surface area contributed by atoms with Gasteiger partial charge in [0.2, 0.25) is 0 Å². The number of aromatic amines is 1. The summed E-state index contributed by atoms with van der Waals surface area (Å²) in [6.07, 6.45) is 1.87. The fourth-order valence-corrected chi connectivity index (χ4v) is 3.71. The molecule has 0 spiro atoms. The lowest BCUT2D eigenvalue weighted by Gasteiger charge is -2.33. The Morgan fingerprint density at radius 1 is 1.15 bits per heavy atom. The third-order valence-electron chi connectivity index (χ3n) is 5.27. The number of H-pyrrole nitrogens is 1. The van der Waals surface area contributed by atoms with Crippen LogP contribution < -0.4 is 0 Å². The summed E-state index contributed by atoms with van der Waals surface area (Å²) < 4.78 is 6.20. The molecule has 1 aliphatic heterocycles. The van der Waals surface area contributed by atoms with E-state index < -0.39 is 0 Å². The number of piperidine rings is 1. The molecule has 0 radical (unpaired) electrons. The Hall–Kier alpha value is -2.79. The summed E-state index contributed by atoms with van der Waals surface area (Å²) in [5.74, 6) is 0.157. The van der Waals surface area contributed by atoms with Gasteiger partial charge in [-0.15, -0.1) is 0 Å². The highest BCUT2D eigenvalue weighted by molar-refractivity contribution is 5.99. The van der Waals surface area contributed by atoms with E-state index in [-0.39, 0.29) is 23.9 Å². The molecule has 5 heteroatoms. The first-order valence-corrected chi connectivity index (χ1v) is 9.42.